The maximum atomic E-state index is 12.7. The van der Waals surface area contributed by atoms with Gasteiger partial charge in [-0.1, -0.05) is 217 Å². The molecule has 1 unspecified atom stereocenters. The summed E-state index contributed by atoms with van der Waals surface area (Å²) < 4.78 is 17.3. The third-order valence-electron chi connectivity index (χ3n) is 10.4. The fourth-order valence-electron chi connectivity index (χ4n) is 6.80. The SMILES string of the molecule is CC/C=C\C/C=C\C/C=C\C/C=C\CCCCCCCCC(=O)OCC(COCCCCCCCCCCCC)OC(=O)CCCCCCCCCCCCC. The lowest BCUT2D eigenvalue weighted by Gasteiger charge is -2.18. The van der Waals surface area contributed by atoms with E-state index in [-0.39, 0.29) is 25.2 Å². The maximum Gasteiger partial charge on any atom is 0.306 e. The number of hydrogen-bond acceptors (Lipinski definition) is 5. The molecule has 0 spiro atoms. The van der Waals surface area contributed by atoms with Gasteiger partial charge in [0.2, 0.25) is 0 Å². The monoisotopic (exact) mass is 785 g/mol. The summed E-state index contributed by atoms with van der Waals surface area (Å²) in [5.74, 6) is -0.406. The van der Waals surface area contributed by atoms with E-state index in [1.807, 2.05) is 0 Å². The molecule has 0 N–H and O–H groups in total. The Balaban J connectivity index is 4.20. The van der Waals surface area contributed by atoms with Gasteiger partial charge in [-0.05, 0) is 57.8 Å². The van der Waals surface area contributed by atoms with Crippen LogP contribution in [0.15, 0.2) is 48.6 Å². The van der Waals surface area contributed by atoms with E-state index in [2.05, 4.69) is 69.4 Å². The smallest absolute Gasteiger partial charge is 0.306 e. The van der Waals surface area contributed by atoms with Crippen LogP contribution in [-0.4, -0.2) is 37.9 Å². The van der Waals surface area contributed by atoms with E-state index < -0.39 is 6.10 Å². The van der Waals surface area contributed by atoms with Crippen molar-refractivity contribution in [3.63, 3.8) is 0 Å². The minimum atomic E-state index is -0.535. The van der Waals surface area contributed by atoms with E-state index in [9.17, 15) is 9.59 Å². The highest BCUT2D eigenvalue weighted by molar-refractivity contribution is 5.70. The predicted octanol–water partition coefficient (Wildman–Crippen LogP) is 16.0. The summed E-state index contributed by atoms with van der Waals surface area (Å²) in [4.78, 5) is 25.3. The predicted molar refractivity (Wildman–Crippen MR) is 242 cm³/mol. The average molecular weight is 785 g/mol. The summed E-state index contributed by atoms with van der Waals surface area (Å²) in [6.07, 6.45) is 56.8. The first kappa shape index (κ1) is 53.9. The third kappa shape index (κ3) is 44.6. The van der Waals surface area contributed by atoms with Crippen molar-refractivity contribution in [1.29, 1.82) is 0 Å². The molecule has 56 heavy (non-hydrogen) atoms. The van der Waals surface area contributed by atoms with Gasteiger partial charge in [-0.3, -0.25) is 9.59 Å². The van der Waals surface area contributed by atoms with Crippen molar-refractivity contribution >= 4 is 11.9 Å². The molecule has 1 atom stereocenters. The molecule has 0 saturated heterocycles. The molecule has 0 aliphatic heterocycles. The van der Waals surface area contributed by atoms with Crippen molar-refractivity contribution in [1.82, 2.24) is 0 Å². The van der Waals surface area contributed by atoms with Crippen molar-refractivity contribution in [2.24, 2.45) is 0 Å². The molecule has 0 radical (unpaired) electrons. The molecule has 0 bridgehead atoms. The molecule has 0 aromatic carbocycles. The van der Waals surface area contributed by atoms with Gasteiger partial charge in [-0.2, -0.15) is 0 Å². The highest BCUT2D eigenvalue weighted by Gasteiger charge is 2.17. The van der Waals surface area contributed by atoms with Gasteiger partial charge in [0, 0.05) is 19.4 Å². The Morgan fingerprint density at radius 1 is 0.411 bits per heavy atom. The minimum absolute atomic E-state index is 0.0815. The van der Waals surface area contributed by atoms with Crippen molar-refractivity contribution in [2.75, 3.05) is 19.8 Å². The maximum absolute atomic E-state index is 12.7. The Labute approximate surface area is 348 Å². The number of esters is 2. The largest absolute Gasteiger partial charge is 0.462 e. The molecule has 0 aromatic heterocycles. The lowest BCUT2D eigenvalue weighted by Crippen LogP contribution is -2.30. The molecular formula is C51H92O5. The van der Waals surface area contributed by atoms with Gasteiger partial charge in [-0.15, -0.1) is 0 Å². The molecule has 0 aliphatic rings. The Bertz CT molecular complexity index is 935. The lowest BCUT2D eigenvalue weighted by molar-refractivity contribution is -0.163. The quantitative estimate of drug-likeness (QED) is 0.0350. The minimum Gasteiger partial charge on any atom is -0.462 e. The van der Waals surface area contributed by atoms with Crippen LogP contribution in [0.1, 0.15) is 239 Å². The molecule has 0 rings (SSSR count). The van der Waals surface area contributed by atoms with Gasteiger partial charge in [0.25, 0.3) is 0 Å². The molecular weight excluding hydrogens is 693 g/mol. The zero-order chi connectivity index (χ0) is 40.7. The molecule has 5 heteroatoms. The van der Waals surface area contributed by atoms with E-state index in [0.29, 0.717) is 19.4 Å². The summed E-state index contributed by atoms with van der Waals surface area (Å²) >= 11 is 0. The van der Waals surface area contributed by atoms with Gasteiger partial charge in [-0.25, -0.2) is 0 Å². The van der Waals surface area contributed by atoms with Crippen LogP contribution in [-0.2, 0) is 23.8 Å². The van der Waals surface area contributed by atoms with E-state index in [0.717, 1.165) is 70.6 Å². The first-order valence-corrected chi connectivity index (χ1v) is 24.2. The van der Waals surface area contributed by atoms with Gasteiger partial charge >= 0.3 is 11.9 Å². The Kier molecular flexibility index (Phi) is 45.4. The summed E-state index contributed by atoms with van der Waals surface area (Å²) in [5.41, 5.74) is 0. The Morgan fingerprint density at radius 3 is 1.29 bits per heavy atom. The molecule has 0 aliphatic carbocycles. The molecule has 5 nitrogen and oxygen atoms in total. The zero-order valence-electron chi connectivity index (χ0n) is 37.4. The number of hydrogen-bond donors (Lipinski definition) is 0. The van der Waals surface area contributed by atoms with Crippen LogP contribution in [0.3, 0.4) is 0 Å². The van der Waals surface area contributed by atoms with Crippen molar-refractivity contribution in [3.05, 3.63) is 48.6 Å². The van der Waals surface area contributed by atoms with Crippen LogP contribution < -0.4 is 0 Å². The van der Waals surface area contributed by atoms with Gasteiger partial charge in [0.1, 0.15) is 6.61 Å². The van der Waals surface area contributed by atoms with Crippen LogP contribution in [0.25, 0.3) is 0 Å². The van der Waals surface area contributed by atoms with E-state index in [1.165, 1.54) is 135 Å². The van der Waals surface area contributed by atoms with E-state index in [4.69, 9.17) is 14.2 Å². The number of carbonyl (C=O) groups excluding carboxylic acids is 2. The van der Waals surface area contributed by atoms with Gasteiger partial charge in [0.15, 0.2) is 6.10 Å². The molecule has 326 valence electrons. The summed E-state index contributed by atoms with van der Waals surface area (Å²) in [5, 5.41) is 0. The lowest BCUT2D eigenvalue weighted by atomic mass is 10.1. The molecule has 0 fully saturated rings. The van der Waals surface area contributed by atoms with Crippen molar-refractivity contribution in [3.8, 4) is 0 Å². The van der Waals surface area contributed by atoms with Crippen LogP contribution in [0.2, 0.25) is 0 Å². The molecule has 0 aromatic rings. The number of allylic oxidation sites excluding steroid dienone is 8. The van der Waals surface area contributed by atoms with Crippen LogP contribution in [0.5, 0.6) is 0 Å². The fourth-order valence-corrected chi connectivity index (χ4v) is 6.80. The fraction of sp³-hybridized carbons (Fsp3) is 0.804. The second-order valence-corrected chi connectivity index (χ2v) is 16.0. The number of rotatable bonds is 44. The van der Waals surface area contributed by atoms with Crippen molar-refractivity contribution < 1.29 is 23.8 Å². The normalized spacial score (nSPS) is 12.6. The molecule has 0 amide bonds. The summed E-state index contributed by atoms with van der Waals surface area (Å²) in [6, 6.07) is 0. The van der Waals surface area contributed by atoms with E-state index >= 15 is 0 Å². The molecule has 0 saturated carbocycles. The topological polar surface area (TPSA) is 61.8 Å². The average Bonchev–Trinajstić information content (AvgIpc) is 3.20. The Morgan fingerprint density at radius 2 is 0.804 bits per heavy atom. The van der Waals surface area contributed by atoms with Gasteiger partial charge in [0.05, 0.1) is 6.61 Å². The number of unbranched alkanes of at least 4 members (excludes halogenated alkanes) is 25. The van der Waals surface area contributed by atoms with Gasteiger partial charge < -0.3 is 14.2 Å². The van der Waals surface area contributed by atoms with Crippen LogP contribution >= 0.6 is 0 Å². The highest BCUT2D eigenvalue weighted by atomic mass is 16.6. The standard InChI is InChI=1S/C51H92O5/c1-4-7-10-13-16-19-22-23-24-25-26-27-28-29-31-32-35-38-41-44-50(52)55-48-49(47-54-46-43-40-37-34-21-18-15-12-9-6-3)56-51(53)45-42-39-36-33-30-20-17-14-11-8-5-2/h7,10,16,19,23-24,26-27,49H,4-6,8-9,11-15,17-18,20-22,25,28-48H2,1-3H3/b10-7-,19-16-,24-23-,27-26-. The highest BCUT2D eigenvalue weighted by Crippen LogP contribution is 2.14. The summed E-state index contributed by atoms with van der Waals surface area (Å²) in [7, 11) is 0. The van der Waals surface area contributed by atoms with Crippen LogP contribution in [0, 0.1) is 0 Å². The van der Waals surface area contributed by atoms with Crippen LogP contribution in [0.4, 0.5) is 0 Å². The zero-order valence-corrected chi connectivity index (χ0v) is 37.4. The first-order valence-electron chi connectivity index (χ1n) is 24.2. The second-order valence-electron chi connectivity index (χ2n) is 16.0. The summed E-state index contributed by atoms with van der Waals surface area (Å²) in [6.45, 7) is 7.71. The first-order chi connectivity index (χ1) is 27.6. The number of carbonyl (C=O) groups is 2. The third-order valence-corrected chi connectivity index (χ3v) is 10.4. The Hall–Kier alpha value is -2.14. The number of ether oxygens (including phenoxy) is 3. The van der Waals surface area contributed by atoms with E-state index in [1.54, 1.807) is 0 Å². The van der Waals surface area contributed by atoms with Crippen molar-refractivity contribution in [2.45, 2.75) is 245 Å². The second kappa shape index (κ2) is 47.2. The molecule has 0 heterocycles.